The summed E-state index contributed by atoms with van der Waals surface area (Å²) in [4.78, 5) is 48.6. The molecule has 41 heavy (non-hydrogen) atoms. The largest absolute Gasteiger partial charge is 0.377 e. The van der Waals surface area contributed by atoms with Gasteiger partial charge in [0.15, 0.2) is 0 Å². The van der Waals surface area contributed by atoms with Gasteiger partial charge in [-0.1, -0.05) is 0 Å². The molecule has 1 saturated heterocycles. The van der Waals surface area contributed by atoms with Gasteiger partial charge in [0.05, 0.1) is 45.8 Å². The monoisotopic (exact) mass is 589 g/mol. The quantitative estimate of drug-likeness (QED) is 0.331. The number of hydrogen-bond acceptors (Lipinski definition) is 11. The molecule has 11 nitrogen and oxygen atoms in total. The van der Waals surface area contributed by atoms with E-state index in [1.165, 1.54) is 27.2 Å². The molecule has 0 bridgehead atoms. The lowest BCUT2D eigenvalue weighted by molar-refractivity contribution is 0.359. The molecule has 0 saturated carbocycles. The topological polar surface area (TPSA) is 114 Å². The fourth-order valence-electron chi connectivity index (χ4n) is 5.26. The first-order valence-electron chi connectivity index (χ1n) is 13.3. The molecule has 6 aromatic rings. The molecule has 6 aromatic heterocycles. The third-order valence-corrected chi connectivity index (χ3v) is 9.52. The second-order valence-electron chi connectivity index (χ2n) is 10.5. The Kier molecular flexibility index (Phi) is 7.18. The van der Waals surface area contributed by atoms with Crippen LogP contribution in [0.1, 0.15) is 18.9 Å². The molecular formula is C28H31N9O2S2. The molecule has 0 spiro atoms. The summed E-state index contributed by atoms with van der Waals surface area (Å²) in [6, 6.07) is 4.15. The van der Waals surface area contributed by atoms with Gasteiger partial charge in [0.2, 0.25) is 0 Å². The lowest BCUT2D eigenvalue weighted by atomic mass is 10.1. The van der Waals surface area contributed by atoms with E-state index < -0.39 is 0 Å². The number of piperidine rings is 1. The van der Waals surface area contributed by atoms with Crippen molar-refractivity contribution in [2.24, 2.45) is 7.05 Å². The molecule has 212 valence electrons. The maximum absolute atomic E-state index is 13.0. The zero-order chi connectivity index (χ0) is 28.8. The minimum Gasteiger partial charge on any atom is -0.377 e. The molecule has 7 rings (SSSR count). The fraction of sp³-hybridized carbons (Fsp3) is 0.357. The Morgan fingerprint density at radius 1 is 0.780 bits per heavy atom. The van der Waals surface area contributed by atoms with Crippen LogP contribution in [-0.4, -0.2) is 70.4 Å². The van der Waals surface area contributed by atoms with Crippen molar-refractivity contribution >= 4 is 74.9 Å². The second kappa shape index (κ2) is 10.8. The van der Waals surface area contributed by atoms with Gasteiger partial charge in [0.25, 0.3) is 11.1 Å². The van der Waals surface area contributed by atoms with E-state index in [-0.39, 0.29) is 17.2 Å². The van der Waals surface area contributed by atoms with Crippen molar-refractivity contribution in [2.45, 2.75) is 18.9 Å². The summed E-state index contributed by atoms with van der Waals surface area (Å²) in [5.41, 5.74) is 3.65. The van der Waals surface area contributed by atoms with E-state index in [4.69, 9.17) is 0 Å². The number of anilines is 2. The third-order valence-electron chi connectivity index (χ3n) is 7.37. The van der Waals surface area contributed by atoms with Crippen LogP contribution >= 0.6 is 22.7 Å². The van der Waals surface area contributed by atoms with Gasteiger partial charge in [-0.25, -0.2) is 19.9 Å². The van der Waals surface area contributed by atoms with Crippen molar-refractivity contribution in [2.75, 3.05) is 51.1 Å². The molecule has 0 atom stereocenters. The number of aromatic nitrogens is 6. The standard InChI is InChI=1S/C16H19N5OS.C12H12N4OS/c1-20(2)11-5-8-18-15-12(11)13-14(23-15)16(22)21(9-19-13)10-3-6-17-7-4-10;1-15(2)7-4-5-13-11-8(7)9-10(18-11)12(17)16(3)6-14-9/h5,8-10,17H,3-4,6-7H2,1-2H3;4-6H,1-3H3. The van der Waals surface area contributed by atoms with Gasteiger partial charge in [-0.05, 0) is 38.1 Å². The molecule has 1 fully saturated rings. The highest BCUT2D eigenvalue weighted by Crippen LogP contribution is 2.36. The number of pyridine rings is 2. The highest BCUT2D eigenvalue weighted by atomic mass is 32.1. The lowest BCUT2D eigenvalue weighted by Crippen LogP contribution is -2.34. The number of hydrogen-bond donors (Lipinski definition) is 1. The predicted octanol–water partition coefficient (Wildman–Crippen LogP) is 3.61. The van der Waals surface area contributed by atoms with Crippen LogP contribution in [0.15, 0.2) is 46.8 Å². The highest BCUT2D eigenvalue weighted by Gasteiger charge is 2.21. The van der Waals surface area contributed by atoms with Gasteiger partial charge in [-0.15, -0.1) is 22.7 Å². The normalized spacial score (nSPS) is 14.1. The van der Waals surface area contributed by atoms with E-state index in [1.807, 2.05) is 54.7 Å². The zero-order valence-electron chi connectivity index (χ0n) is 23.6. The molecule has 7 heterocycles. The Morgan fingerprint density at radius 3 is 1.83 bits per heavy atom. The Morgan fingerprint density at radius 2 is 1.29 bits per heavy atom. The van der Waals surface area contributed by atoms with Crippen molar-refractivity contribution in [3.05, 3.63) is 57.9 Å². The van der Waals surface area contributed by atoms with E-state index in [9.17, 15) is 9.59 Å². The van der Waals surface area contributed by atoms with Crippen LogP contribution in [0.4, 0.5) is 11.4 Å². The Labute approximate surface area is 243 Å². The first-order valence-corrected chi connectivity index (χ1v) is 15.0. The van der Waals surface area contributed by atoms with E-state index >= 15 is 0 Å². The first-order chi connectivity index (χ1) is 19.8. The van der Waals surface area contributed by atoms with E-state index in [0.717, 1.165) is 68.8 Å². The molecule has 0 unspecified atom stereocenters. The molecule has 0 aromatic carbocycles. The van der Waals surface area contributed by atoms with Crippen LogP contribution in [0.25, 0.3) is 40.9 Å². The maximum atomic E-state index is 13.0. The van der Waals surface area contributed by atoms with E-state index in [0.29, 0.717) is 9.40 Å². The van der Waals surface area contributed by atoms with Crippen LogP contribution in [0.3, 0.4) is 0 Å². The van der Waals surface area contributed by atoms with Gasteiger partial charge >= 0.3 is 0 Å². The van der Waals surface area contributed by atoms with Crippen LogP contribution in [0, 0.1) is 0 Å². The molecule has 0 aliphatic carbocycles. The number of fused-ring (bicyclic) bond motifs is 6. The number of nitrogens with one attached hydrogen (secondary N) is 1. The Hall–Kier alpha value is -3.94. The second-order valence-corrected chi connectivity index (χ2v) is 12.5. The third kappa shape index (κ3) is 4.73. The van der Waals surface area contributed by atoms with Gasteiger partial charge in [0, 0.05) is 53.7 Å². The highest BCUT2D eigenvalue weighted by molar-refractivity contribution is 7.25. The average molecular weight is 590 g/mol. The number of aryl methyl sites for hydroxylation is 1. The van der Waals surface area contributed by atoms with Gasteiger partial charge in [0.1, 0.15) is 19.1 Å². The van der Waals surface area contributed by atoms with Gasteiger partial charge in [-0.2, -0.15) is 0 Å². The molecule has 0 amide bonds. The number of rotatable bonds is 3. The van der Waals surface area contributed by atoms with Crippen molar-refractivity contribution in [1.29, 1.82) is 0 Å². The summed E-state index contributed by atoms with van der Waals surface area (Å²) in [6.07, 6.45) is 8.77. The first kappa shape index (κ1) is 27.2. The minimum absolute atomic E-state index is 0.0206. The maximum Gasteiger partial charge on any atom is 0.271 e. The SMILES string of the molecule is CN(C)c1ccnc2sc3c(=O)n(C)cnc3c12.CN(C)c1ccnc2sc3c(=O)n(C4CCNCC4)cnc3c12. The summed E-state index contributed by atoms with van der Waals surface area (Å²) in [6.45, 7) is 1.90. The molecular weight excluding hydrogens is 559 g/mol. The molecule has 0 radical (unpaired) electrons. The average Bonchev–Trinajstić information content (AvgIpc) is 3.55. The van der Waals surface area contributed by atoms with Crippen molar-refractivity contribution < 1.29 is 0 Å². The summed E-state index contributed by atoms with van der Waals surface area (Å²) < 4.78 is 4.68. The summed E-state index contributed by atoms with van der Waals surface area (Å²) >= 11 is 2.85. The van der Waals surface area contributed by atoms with Crippen LogP contribution in [-0.2, 0) is 7.05 Å². The molecule has 1 aliphatic heterocycles. The van der Waals surface area contributed by atoms with Gasteiger partial charge in [-0.3, -0.25) is 14.2 Å². The lowest BCUT2D eigenvalue weighted by Gasteiger charge is -2.24. The van der Waals surface area contributed by atoms with Crippen LogP contribution in [0.2, 0.25) is 0 Å². The van der Waals surface area contributed by atoms with E-state index in [2.05, 4.69) is 25.3 Å². The Bertz CT molecular complexity index is 2020. The zero-order valence-corrected chi connectivity index (χ0v) is 25.2. The minimum atomic E-state index is -0.0206. The van der Waals surface area contributed by atoms with Crippen LogP contribution < -0.4 is 26.2 Å². The Balaban J connectivity index is 0.000000152. The number of nitrogens with zero attached hydrogens (tertiary/aromatic N) is 8. The molecule has 13 heteroatoms. The summed E-state index contributed by atoms with van der Waals surface area (Å²) in [5.74, 6) is 0. The van der Waals surface area contributed by atoms with E-state index in [1.54, 1.807) is 32.1 Å². The van der Waals surface area contributed by atoms with Crippen molar-refractivity contribution in [1.82, 2.24) is 34.4 Å². The fourth-order valence-corrected chi connectivity index (χ4v) is 7.40. The number of thiophene rings is 2. The van der Waals surface area contributed by atoms with Crippen molar-refractivity contribution in [3.8, 4) is 0 Å². The summed E-state index contributed by atoms with van der Waals surface area (Å²) in [7, 11) is 9.64. The van der Waals surface area contributed by atoms with Gasteiger partial charge < -0.3 is 19.7 Å². The van der Waals surface area contributed by atoms with Crippen LogP contribution in [0.5, 0.6) is 0 Å². The molecule has 1 aliphatic rings. The predicted molar refractivity (Wildman–Crippen MR) is 169 cm³/mol. The smallest absolute Gasteiger partial charge is 0.271 e. The molecule has 1 N–H and O–H groups in total. The summed E-state index contributed by atoms with van der Waals surface area (Å²) in [5, 5.41) is 5.27. The van der Waals surface area contributed by atoms with Crippen molar-refractivity contribution in [3.63, 3.8) is 0 Å².